The Morgan fingerprint density at radius 2 is 2.19 bits per heavy atom. The maximum absolute atomic E-state index is 10.1. The first-order valence-corrected chi connectivity index (χ1v) is 6.16. The summed E-state index contributed by atoms with van der Waals surface area (Å²) in [5.41, 5.74) is 1.38. The van der Waals surface area contributed by atoms with Gasteiger partial charge in [-0.05, 0) is 46.4 Å². The number of halogens is 2. The Morgan fingerprint density at radius 1 is 1.44 bits per heavy atom. The largest absolute Gasteiger partial charge is 0.382 e. The van der Waals surface area contributed by atoms with Crippen molar-refractivity contribution in [2.45, 2.75) is 6.10 Å². The van der Waals surface area contributed by atoms with E-state index >= 15 is 0 Å². The van der Waals surface area contributed by atoms with Crippen LogP contribution in [0.5, 0.6) is 0 Å². The van der Waals surface area contributed by atoms with Crippen molar-refractivity contribution in [1.29, 1.82) is 0 Å². The Hall–Kier alpha value is -0.590. The number of aryl methyl sites for hydroxylation is 1. The highest BCUT2D eigenvalue weighted by molar-refractivity contribution is 14.1. The SMILES string of the molecule is Cn1ccc(C(O)c2ccc(I)c(Cl)c2)n1. The number of aliphatic hydroxyl groups excluding tert-OH is 1. The van der Waals surface area contributed by atoms with Crippen LogP contribution in [-0.2, 0) is 7.05 Å². The van der Waals surface area contributed by atoms with Crippen molar-refractivity contribution in [1.82, 2.24) is 9.78 Å². The summed E-state index contributed by atoms with van der Waals surface area (Å²) in [6, 6.07) is 7.29. The lowest BCUT2D eigenvalue weighted by atomic mass is 10.1. The predicted octanol–water partition coefficient (Wildman–Crippen LogP) is 2.76. The Bertz CT molecular complexity index is 512. The van der Waals surface area contributed by atoms with Crippen molar-refractivity contribution < 1.29 is 5.11 Å². The third-order valence-corrected chi connectivity index (χ3v) is 3.85. The second-order valence-corrected chi connectivity index (χ2v) is 5.06. The van der Waals surface area contributed by atoms with Gasteiger partial charge in [0, 0.05) is 16.8 Å². The Labute approximate surface area is 112 Å². The zero-order valence-electron chi connectivity index (χ0n) is 8.56. The normalized spacial score (nSPS) is 12.8. The van der Waals surface area contributed by atoms with E-state index in [1.807, 2.05) is 19.2 Å². The van der Waals surface area contributed by atoms with Crippen LogP contribution in [0.4, 0.5) is 0 Å². The highest BCUT2D eigenvalue weighted by Gasteiger charge is 2.14. The number of hydrogen-bond donors (Lipinski definition) is 1. The molecule has 16 heavy (non-hydrogen) atoms. The van der Waals surface area contributed by atoms with Gasteiger partial charge in [0.15, 0.2) is 0 Å². The summed E-state index contributed by atoms with van der Waals surface area (Å²) in [7, 11) is 1.82. The maximum atomic E-state index is 10.1. The van der Waals surface area contributed by atoms with E-state index in [9.17, 15) is 5.11 Å². The summed E-state index contributed by atoms with van der Waals surface area (Å²) < 4.78 is 2.63. The van der Waals surface area contributed by atoms with E-state index < -0.39 is 6.10 Å². The molecule has 0 amide bonds. The van der Waals surface area contributed by atoms with Gasteiger partial charge in [-0.15, -0.1) is 0 Å². The molecule has 1 atom stereocenters. The molecule has 5 heteroatoms. The van der Waals surface area contributed by atoms with Crippen molar-refractivity contribution in [2.75, 3.05) is 0 Å². The summed E-state index contributed by atoms with van der Waals surface area (Å²) in [5.74, 6) is 0. The van der Waals surface area contributed by atoms with Crippen LogP contribution in [0.2, 0.25) is 5.02 Å². The number of hydrogen-bond acceptors (Lipinski definition) is 2. The number of rotatable bonds is 2. The summed E-state index contributed by atoms with van der Waals surface area (Å²) >= 11 is 8.16. The summed E-state index contributed by atoms with van der Waals surface area (Å²) in [4.78, 5) is 0. The van der Waals surface area contributed by atoms with E-state index in [1.165, 1.54) is 0 Å². The average molecular weight is 349 g/mol. The van der Waals surface area contributed by atoms with E-state index in [4.69, 9.17) is 11.6 Å². The van der Waals surface area contributed by atoms with Gasteiger partial charge in [-0.3, -0.25) is 4.68 Å². The smallest absolute Gasteiger partial charge is 0.123 e. The molecule has 0 bridgehead atoms. The fourth-order valence-electron chi connectivity index (χ4n) is 1.43. The molecule has 2 rings (SSSR count). The zero-order chi connectivity index (χ0) is 11.7. The molecule has 1 unspecified atom stereocenters. The second-order valence-electron chi connectivity index (χ2n) is 3.49. The third-order valence-electron chi connectivity index (χ3n) is 2.27. The van der Waals surface area contributed by atoms with Crippen LogP contribution in [0.25, 0.3) is 0 Å². The molecule has 0 aliphatic heterocycles. The van der Waals surface area contributed by atoms with Crippen molar-refractivity contribution in [3.63, 3.8) is 0 Å². The maximum Gasteiger partial charge on any atom is 0.123 e. The van der Waals surface area contributed by atoms with Gasteiger partial charge in [0.1, 0.15) is 6.10 Å². The van der Waals surface area contributed by atoms with Crippen molar-refractivity contribution in [2.24, 2.45) is 7.05 Å². The number of aliphatic hydroxyl groups is 1. The van der Waals surface area contributed by atoms with Crippen LogP contribution in [0.15, 0.2) is 30.5 Å². The molecule has 0 saturated heterocycles. The molecule has 84 valence electrons. The molecule has 1 aromatic heterocycles. The van der Waals surface area contributed by atoms with Gasteiger partial charge >= 0.3 is 0 Å². The number of benzene rings is 1. The van der Waals surface area contributed by atoms with Gasteiger partial charge in [-0.2, -0.15) is 5.10 Å². The van der Waals surface area contributed by atoms with Crippen LogP contribution in [0.1, 0.15) is 17.4 Å². The molecule has 0 saturated carbocycles. The Morgan fingerprint density at radius 3 is 2.75 bits per heavy atom. The van der Waals surface area contributed by atoms with Crippen LogP contribution in [0, 0.1) is 3.57 Å². The molecule has 3 nitrogen and oxygen atoms in total. The molecule has 0 radical (unpaired) electrons. The van der Waals surface area contributed by atoms with Gasteiger partial charge < -0.3 is 5.11 Å². The molecule has 0 aliphatic rings. The fourth-order valence-corrected chi connectivity index (χ4v) is 1.96. The topological polar surface area (TPSA) is 38.0 Å². The van der Waals surface area contributed by atoms with Crippen molar-refractivity contribution in [3.05, 3.63) is 50.3 Å². The van der Waals surface area contributed by atoms with Crippen molar-refractivity contribution in [3.8, 4) is 0 Å². The quantitative estimate of drug-likeness (QED) is 0.848. The molecule has 0 aliphatic carbocycles. The molecule has 1 heterocycles. The van der Waals surface area contributed by atoms with Crippen LogP contribution in [-0.4, -0.2) is 14.9 Å². The lowest BCUT2D eigenvalue weighted by Crippen LogP contribution is -2.02. The van der Waals surface area contributed by atoms with E-state index in [2.05, 4.69) is 27.7 Å². The molecule has 0 spiro atoms. The lowest BCUT2D eigenvalue weighted by Gasteiger charge is -2.09. The highest BCUT2D eigenvalue weighted by atomic mass is 127. The Balaban J connectivity index is 2.33. The molecule has 1 N–H and O–H groups in total. The van der Waals surface area contributed by atoms with E-state index in [0.717, 1.165) is 9.13 Å². The van der Waals surface area contributed by atoms with E-state index in [-0.39, 0.29) is 0 Å². The van der Waals surface area contributed by atoms with Gasteiger partial charge in [-0.1, -0.05) is 17.7 Å². The monoisotopic (exact) mass is 348 g/mol. The summed E-state index contributed by atoms with van der Waals surface area (Å²) in [6.45, 7) is 0. The van der Waals surface area contributed by atoms with Crippen LogP contribution in [0.3, 0.4) is 0 Å². The summed E-state index contributed by atoms with van der Waals surface area (Å²) in [6.07, 6.45) is 1.07. The molecule has 1 aromatic carbocycles. The van der Waals surface area contributed by atoms with E-state index in [1.54, 1.807) is 23.0 Å². The average Bonchev–Trinajstić information content (AvgIpc) is 2.68. The van der Waals surface area contributed by atoms with Crippen LogP contribution < -0.4 is 0 Å². The minimum Gasteiger partial charge on any atom is -0.382 e. The molecular formula is C11H10ClIN2O. The lowest BCUT2D eigenvalue weighted by molar-refractivity contribution is 0.214. The molecular weight excluding hydrogens is 338 g/mol. The first-order chi connectivity index (χ1) is 7.58. The minimum atomic E-state index is -0.726. The molecule has 0 fully saturated rings. The standard InChI is InChI=1S/C11H10ClIN2O/c1-15-5-4-10(14-15)11(16)7-2-3-9(13)8(12)6-7/h2-6,11,16H,1H3. The second kappa shape index (κ2) is 4.73. The fraction of sp³-hybridized carbons (Fsp3) is 0.182. The Kier molecular flexibility index (Phi) is 3.51. The third kappa shape index (κ3) is 2.39. The number of aromatic nitrogens is 2. The van der Waals surface area contributed by atoms with Gasteiger partial charge in [-0.25, -0.2) is 0 Å². The van der Waals surface area contributed by atoms with E-state index in [0.29, 0.717) is 10.7 Å². The van der Waals surface area contributed by atoms with Crippen molar-refractivity contribution >= 4 is 34.2 Å². The first-order valence-electron chi connectivity index (χ1n) is 4.70. The zero-order valence-corrected chi connectivity index (χ0v) is 11.5. The van der Waals surface area contributed by atoms with Gasteiger partial charge in [0.05, 0.1) is 10.7 Å². The number of nitrogens with zero attached hydrogens (tertiary/aromatic N) is 2. The molecule has 2 aromatic rings. The van der Waals surface area contributed by atoms with Gasteiger partial charge in [0.2, 0.25) is 0 Å². The van der Waals surface area contributed by atoms with Gasteiger partial charge in [0.25, 0.3) is 0 Å². The highest BCUT2D eigenvalue weighted by Crippen LogP contribution is 2.26. The van der Waals surface area contributed by atoms with Crippen LogP contribution >= 0.6 is 34.2 Å². The first kappa shape index (κ1) is 11.9. The predicted molar refractivity (Wildman–Crippen MR) is 71.4 cm³/mol. The minimum absolute atomic E-state index is 0.625. The summed E-state index contributed by atoms with van der Waals surface area (Å²) in [5, 5.41) is 14.9.